The number of pyridine rings is 1. The molecule has 6 heteroatoms. The molecular formula is C15H21N3O3. The molecule has 0 radical (unpaired) electrons. The van der Waals surface area contributed by atoms with Gasteiger partial charge in [0.25, 0.3) is 0 Å². The van der Waals surface area contributed by atoms with Crippen LogP contribution in [0.5, 0.6) is 0 Å². The minimum absolute atomic E-state index is 0.229. The van der Waals surface area contributed by atoms with E-state index in [1.807, 2.05) is 13.0 Å². The average molecular weight is 291 g/mol. The fourth-order valence-electron chi connectivity index (χ4n) is 2.71. The van der Waals surface area contributed by atoms with Crippen molar-refractivity contribution in [2.75, 3.05) is 0 Å². The number of carbonyl (C=O) groups excluding carboxylic acids is 1. The summed E-state index contributed by atoms with van der Waals surface area (Å²) >= 11 is 0. The minimum Gasteiger partial charge on any atom is -0.480 e. The Morgan fingerprint density at radius 3 is 2.62 bits per heavy atom. The van der Waals surface area contributed by atoms with Gasteiger partial charge in [-0.05, 0) is 31.4 Å². The Morgan fingerprint density at radius 2 is 2.05 bits per heavy atom. The molecule has 0 aromatic carbocycles. The van der Waals surface area contributed by atoms with E-state index in [-0.39, 0.29) is 6.04 Å². The Bertz CT molecular complexity index is 498. The van der Waals surface area contributed by atoms with Crippen LogP contribution in [0, 0.1) is 0 Å². The number of amides is 2. The number of carboxylic acid groups (broad SMARTS) is 1. The van der Waals surface area contributed by atoms with E-state index in [2.05, 4.69) is 15.6 Å². The second kappa shape index (κ2) is 6.56. The quantitative estimate of drug-likeness (QED) is 0.793. The maximum Gasteiger partial charge on any atom is 0.329 e. The van der Waals surface area contributed by atoms with Gasteiger partial charge >= 0.3 is 12.0 Å². The topological polar surface area (TPSA) is 91.3 Å². The summed E-state index contributed by atoms with van der Waals surface area (Å²) < 4.78 is 0. The molecule has 114 valence electrons. The van der Waals surface area contributed by atoms with Crippen LogP contribution in [-0.2, 0) is 4.79 Å². The summed E-state index contributed by atoms with van der Waals surface area (Å²) in [7, 11) is 0. The molecule has 1 unspecified atom stereocenters. The third-order valence-corrected chi connectivity index (χ3v) is 4.00. The SMILES string of the molecule is CC(NC(=O)NC1(C(=O)O)CCCCC1)c1cccnc1. The number of carboxylic acids is 1. The van der Waals surface area contributed by atoms with E-state index in [4.69, 9.17) is 0 Å². The van der Waals surface area contributed by atoms with Crippen molar-refractivity contribution in [3.63, 3.8) is 0 Å². The van der Waals surface area contributed by atoms with Crippen molar-refractivity contribution in [1.82, 2.24) is 15.6 Å². The lowest BCUT2D eigenvalue weighted by Crippen LogP contribution is -2.58. The molecule has 21 heavy (non-hydrogen) atoms. The van der Waals surface area contributed by atoms with Crippen LogP contribution in [0.3, 0.4) is 0 Å². The molecule has 1 aliphatic carbocycles. The minimum atomic E-state index is -1.13. The van der Waals surface area contributed by atoms with Gasteiger partial charge in [-0.1, -0.05) is 25.3 Å². The number of nitrogens with one attached hydrogen (secondary N) is 2. The van der Waals surface area contributed by atoms with Gasteiger partial charge in [-0.2, -0.15) is 0 Å². The first kappa shape index (κ1) is 15.3. The molecule has 1 saturated carbocycles. The van der Waals surface area contributed by atoms with Crippen molar-refractivity contribution >= 4 is 12.0 Å². The smallest absolute Gasteiger partial charge is 0.329 e. The Balaban J connectivity index is 1.98. The van der Waals surface area contributed by atoms with E-state index in [0.29, 0.717) is 12.8 Å². The van der Waals surface area contributed by atoms with Gasteiger partial charge in [0.15, 0.2) is 0 Å². The highest BCUT2D eigenvalue weighted by Gasteiger charge is 2.41. The summed E-state index contributed by atoms with van der Waals surface area (Å²) in [4.78, 5) is 27.6. The van der Waals surface area contributed by atoms with Crippen molar-refractivity contribution in [3.8, 4) is 0 Å². The highest BCUT2D eigenvalue weighted by molar-refractivity contribution is 5.86. The van der Waals surface area contributed by atoms with Gasteiger partial charge in [0, 0.05) is 12.4 Å². The predicted octanol–water partition coefficient (Wildman–Crippen LogP) is 2.23. The van der Waals surface area contributed by atoms with Crippen LogP contribution in [0.2, 0.25) is 0 Å². The Hall–Kier alpha value is -2.11. The molecular weight excluding hydrogens is 270 g/mol. The fourth-order valence-corrected chi connectivity index (χ4v) is 2.71. The zero-order chi connectivity index (χ0) is 15.3. The van der Waals surface area contributed by atoms with Gasteiger partial charge in [-0.25, -0.2) is 9.59 Å². The van der Waals surface area contributed by atoms with E-state index < -0.39 is 17.5 Å². The number of aromatic nitrogens is 1. The summed E-state index contributed by atoms with van der Waals surface area (Å²) in [6.45, 7) is 1.84. The van der Waals surface area contributed by atoms with Crippen LogP contribution < -0.4 is 10.6 Å². The molecule has 6 nitrogen and oxygen atoms in total. The molecule has 1 fully saturated rings. The summed E-state index contributed by atoms with van der Waals surface area (Å²) in [5, 5.41) is 14.9. The molecule has 1 aromatic rings. The van der Waals surface area contributed by atoms with Crippen LogP contribution >= 0.6 is 0 Å². The second-order valence-corrected chi connectivity index (χ2v) is 5.55. The Morgan fingerprint density at radius 1 is 1.33 bits per heavy atom. The number of urea groups is 1. The van der Waals surface area contributed by atoms with Crippen molar-refractivity contribution in [1.29, 1.82) is 0 Å². The Kier molecular flexibility index (Phi) is 4.77. The third kappa shape index (κ3) is 3.71. The third-order valence-electron chi connectivity index (χ3n) is 4.00. The number of aliphatic carboxylic acids is 1. The first-order valence-corrected chi connectivity index (χ1v) is 7.25. The number of nitrogens with zero attached hydrogens (tertiary/aromatic N) is 1. The zero-order valence-corrected chi connectivity index (χ0v) is 12.1. The van der Waals surface area contributed by atoms with E-state index in [0.717, 1.165) is 24.8 Å². The van der Waals surface area contributed by atoms with Crippen molar-refractivity contribution in [2.45, 2.75) is 50.6 Å². The maximum atomic E-state index is 12.1. The maximum absolute atomic E-state index is 12.1. The monoisotopic (exact) mass is 291 g/mol. The fraction of sp³-hybridized carbons (Fsp3) is 0.533. The van der Waals surface area contributed by atoms with Crippen LogP contribution in [0.4, 0.5) is 4.79 Å². The molecule has 0 aliphatic heterocycles. The summed E-state index contributed by atoms with van der Waals surface area (Å²) in [5.41, 5.74) is -0.252. The van der Waals surface area contributed by atoms with E-state index in [1.165, 1.54) is 0 Å². The molecule has 1 aliphatic rings. The summed E-state index contributed by atoms with van der Waals surface area (Å²) in [5.74, 6) is -0.952. The standard InChI is InChI=1S/C15H21N3O3/c1-11(12-6-5-9-16-10-12)17-14(21)18-15(13(19)20)7-3-2-4-8-15/h5-6,9-11H,2-4,7-8H2,1H3,(H,19,20)(H2,17,18,21). The average Bonchev–Trinajstić information content (AvgIpc) is 2.48. The molecule has 1 atom stereocenters. The number of hydrogen-bond donors (Lipinski definition) is 3. The van der Waals surface area contributed by atoms with Gasteiger partial charge in [0.2, 0.25) is 0 Å². The lowest BCUT2D eigenvalue weighted by molar-refractivity contribution is -0.145. The van der Waals surface area contributed by atoms with Crippen LogP contribution in [0.15, 0.2) is 24.5 Å². The first-order chi connectivity index (χ1) is 10.0. The van der Waals surface area contributed by atoms with Gasteiger partial charge < -0.3 is 15.7 Å². The van der Waals surface area contributed by atoms with Gasteiger partial charge in [0.05, 0.1) is 6.04 Å². The largest absolute Gasteiger partial charge is 0.480 e. The number of hydrogen-bond acceptors (Lipinski definition) is 3. The summed E-state index contributed by atoms with van der Waals surface area (Å²) in [6.07, 6.45) is 6.98. The molecule has 0 saturated heterocycles. The van der Waals surface area contributed by atoms with Gasteiger partial charge in [-0.3, -0.25) is 4.98 Å². The molecule has 3 N–H and O–H groups in total. The molecule has 0 bridgehead atoms. The normalized spacial score (nSPS) is 18.5. The molecule has 1 heterocycles. The van der Waals surface area contributed by atoms with Gasteiger partial charge in [-0.15, -0.1) is 0 Å². The predicted molar refractivity (Wildman–Crippen MR) is 77.8 cm³/mol. The van der Waals surface area contributed by atoms with Crippen LogP contribution in [0.25, 0.3) is 0 Å². The lowest BCUT2D eigenvalue weighted by Gasteiger charge is -2.34. The van der Waals surface area contributed by atoms with Crippen molar-refractivity contribution < 1.29 is 14.7 Å². The Labute approximate surface area is 124 Å². The molecule has 2 amide bonds. The highest BCUT2D eigenvalue weighted by Crippen LogP contribution is 2.28. The lowest BCUT2D eigenvalue weighted by atomic mass is 9.82. The number of carbonyl (C=O) groups is 2. The first-order valence-electron chi connectivity index (χ1n) is 7.25. The zero-order valence-electron chi connectivity index (χ0n) is 12.1. The molecule has 1 aromatic heterocycles. The van der Waals surface area contributed by atoms with Crippen molar-refractivity contribution in [2.24, 2.45) is 0 Å². The molecule has 0 spiro atoms. The van der Waals surface area contributed by atoms with E-state index >= 15 is 0 Å². The molecule has 2 rings (SSSR count). The second-order valence-electron chi connectivity index (χ2n) is 5.55. The van der Waals surface area contributed by atoms with E-state index in [1.54, 1.807) is 18.5 Å². The van der Waals surface area contributed by atoms with E-state index in [9.17, 15) is 14.7 Å². The van der Waals surface area contributed by atoms with Crippen LogP contribution in [-0.4, -0.2) is 27.6 Å². The summed E-state index contributed by atoms with van der Waals surface area (Å²) in [6, 6.07) is 2.99. The van der Waals surface area contributed by atoms with Crippen molar-refractivity contribution in [3.05, 3.63) is 30.1 Å². The van der Waals surface area contributed by atoms with Gasteiger partial charge in [0.1, 0.15) is 5.54 Å². The number of rotatable bonds is 4. The highest BCUT2D eigenvalue weighted by atomic mass is 16.4. The van der Waals surface area contributed by atoms with Crippen LogP contribution in [0.1, 0.15) is 50.6 Å².